The average molecular weight is 369 g/mol. The molecule has 152 valence electrons. The summed E-state index contributed by atoms with van der Waals surface area (Å²) in [6.45, 7) is 1.14. The van der Waals surface area contributed by atoms with Crippen LogP contribution in [0.2, 0.25) is 0 Å². The Hall–Kier alpha value is -1.17. The molecule has 0 aromatic heterocycles. The van der Waals surface area contributed by atoms with Crippen molar-refractivity contribution in [2.45, 2.75) is 82.8 Å². The Kier molecular flexibility index (Phi) is 16.5. The van der Waals surface area contributed by atoms with Gasteiger partial charge in [0.2, 0.25) is 5.91 Å². The number of amides is 1. The zero-order valence-corrected chi connectivity index (χ0v) is 16.8. The van der Waals surface area contributed by atoms with Gasteiger partial charge in [-0.3, -0.25) is 4.79 Å². The van der Waals surface area contributed by atoms with Crippen LogP contribution in [0, 0.1) is 0 Å². The number of nitrogens with zero attached hydrogens (tertiary/aromatic N) is 1. The molecule has 0 fully saturated rings. The maximum Gasteiger partial charge on any atom is 0.217 e. The van der Waals surface area contributed by atoms with Crippen molar-refractivity contribution in [1.29, 1.82) is 0 Å². The third-order valence-corrected chi connectivity index (χ3v) is 4.24. The van der Waals surface area contributed by atoms with Crippen LogP contribution in [-0.2, 0) is 4.79 Å². The largest absolute Gasteiger partial charge is 0.389 e. The predicted octanol–water partition coefficient (Wildman–Crippen LogP) is 3.16. The van der Waals surface area contributed by atoms with Gasteiger partial charge >= 0.3 is 0 Å². The van der Waals surface area contributed by atoms with Gasteiger partial charge in [-0.05, 0) is 59.2 Å². The highest BCUT2D eigenvalue weighted by Crippen LogP contribution is 2.08. The Morgan fingerprint density at radius 2 is 1.38 bits per heavy atom. The van der Waals surface area contributed by atoms with E-state index in [2.05, 4.69) is 19.0 Å². The van der Waals surface area contributed by atoms with Crippen molar-refractivity contribution in [2.75, 3.05) is 20.6 Å². The highest BCUT2D eigenvalue weighted by atomic mass is 16.3. The van der Waals surface area contributed by atoms with E-state index < -0.39 is 6.10 Å². The third kappa shape index (κ3) is 19.2. The molecule has 0 aromatic rings. The Labute approximate surface area is 160 Å². The van der Waals surface area contributed by atoms with Gasteiger partial charge in [-0.1, -0.05) is 50.0 Å². The molecule has 1 amide bonds. The molecule has 0 radical (unpaired) electrons. The van der Waals surface area contributed by atoms with Gasteiger partial charge < -0.3 is 20.8 Å². The number of carbonyl (C=O) groups excluding carboxylic acids is 1. The minimum atomic E-state index is -0.454. The highest BCUT2D eigenvalue weighted by molar-refractivity contribution is 5.73. The van der Waals surface area contributed by atoms with Gasteiger partial charge in [-0.2, -0.15) is 0 Å². The number of unbranched alkanes of at least 4 members (excludes halogenated alkanes) is 5. The smallest absolute Gasteiger partial charge is 0.217 e. The van der Waals surface area contributed by atoms with Crippen molar-refractivity contribution in [2.24, 2.45) is 5.73 Å². The summed E-state index contributed by atoms with van der Waals surface area (Å²) < 4.78 is 0. The molecule has 0 heterocycles. The molecule has 5 nitrogen and oxygen atoms in total. The van der Waals surface area contributed by atoms with Gasteiger partial charge in [-0.15, -0.1) is 0 Å². The van der Waals surface area contributed by atoms with Crippen LogP contribution in [0.15, 0.2) is 24.3 Å². The van der Waals surface area contributed by atoms with Crippen LogP contribution < -0.4 is 5.73 Å². The Morgan fingerprint density at radius 1 is 0.885 bits per heavy atom. The minimum Gasteiger partial charge on any atom is -0.389 e. The SMILES string of the molecule is CN(C)CCCCCCC(O)/C=C/CC/C=C\C(O)CCCCC(N)=O. The number of primary amides is 1. The lowest BCUT2D eigenvalue weighted by atomic mass is 10.1. The van der Waals surface area contributed by atoms with Gasteiger partial charge in [0.15, 0.2) is 0 Å². The van der Waals surface area contributed by atoms with E-state index in [0.29, 0.717) is 12.8 Å². The molecule has 0 aliphatic carbocycles. The lowest BCUT2D eigenvalue weighted by Gasteiger charge is -2.09. The number of rotatable bonds is 17. The number of allylic oxidation sites excluding steroid dienone is 2. The quantitative estimate of drug-likeness (QED) is 0.272. The first-order chi connectivity index (χ1) is 12.4. The minimum absolute atomic E-state index is 0.284. The zero-order chi connectivity index (χ0) is 19.6. The molecule has 2 atom stereocenters. The molecule has 0 bridgehead atoms. The number of aliphatic hydroxyl groups excluding tert-OH is 2. The second kappa shape index (κ2) is 17.3. The fourth-order valence-electron chi connectivity index (χ4n) is 2.68. The first-order valence-electron chi connectivity index (χ1n) is 10.0. The van der Waals surface area contributed by atoms with Crippen LogP contribution >= 0.6 is 0 Å². The summed E-state index contributed by atoms with van der Waals surface area (Å²) >= 11 is 0. The molecule has 26 heavy (non-hydrogen) atoms. The van der Waals surface area contributed by atoms with E-state index in [0.717, 1.165) is 45.1 Å². The van der Waals surface area contributed by atoms with Crippen LogP contribution in [0.3, 0.4) is 0 Å². The first-order valence-corrected chi connectivity index (χ1v) is 10.0. The van der Waals surface area contributed by atoms with E-state index in [1.807, 2.05) is 24.3 Å². The van der Waals surface area contributed by atoms with Crippen molar-refractivity contribution >= 4 is 5.91 Å². The third-order valence-electron chi connectivity index (χ3n) is 4.24. The molecule has 2 unspecified atom stereocenters. The first kappa shape index (κ1) is 24.8. The lowest BCUT2D eigenvalue weighted by Crippen LogP contribution is -2.12. The van der Waals surface area contributed by atoms with Crippen LogP contribution in [0.1, 0.15) is 70.6 Å². The summed E-state index contributed by atoms with van der Waals surface area (Å²) in [5, 5.41) is 19.7. The zero-order valence-electron chi connectivity index (χ0n) is 16.8. The van der Waals surface area contributed by atoms with Crippen LogP contribution in [0.5, 0.6) is 0 Å². The summed E-state index contributed by atoms with van der Waals surface area (Å²) in [6, 6.07) is 0. The summed E-state index contributed by atoms with van der Waals surface area (Å²) in [4.78, 5) is 12.8. The second-order valence-electron chi connectivity index (χ2n) is 7.29. The van der Waals surface area contributed by atoms with E-state index in [-0.39, 0.29) is 12.0 Å². The van der Waals surface area contributed by atoms with Crippen LogP contribution in [0.4, 0.5) is 0 Å². The van der Waals surface area contributed by atoms with E-state index >= 15 is 0 Å². The van der Waals surface area contributed by atoms with Gasteiger partial charge in [0, 0.05) is 6.42 Å². The van der Waals surface area contributed by atoms with Crippen molar-refractivity contribution < 1.29 is 15.0 Å². The van der Waals surface area contributed by atoms with Gasteiger partial charge in [0.1, 0.15) is 0 Å². The molecule has 0 rings (SSSR count). The molecular formula is C21H40N2O3. The number of aliphatic hydroxyl groups is 2. The molecule has 0 saturated heterocycles. The fourth-order valence-corrected chi connectivity index (χ4v) is 2.68. The lowest BCUT2D eigenvalue weighted by molar-refractivity contribution is -0.118. The summed E-state index contributed by atoms with van der Waals surface area (Å²) in [5.74, 6) is -0.284. The van der Waals surface area contributed by atoms with Gasteiger partial charge in [0.25, 0.3) is 0 Å². The topological polar surface area (TPSA) is 86.8 Å². The molecule has 5 heteroatoms. The average Bonchev–Trinajstić information content (AvgIpc) is 2.57. The number of carbonyl (C=O) groups is 1. The normalized spacial score (nSPS) is 14.5. The molecular weight excluding hydrogens is 328 g/mol. The van der Waals surface area contributed by atoms with Gasteiger partial charge in [-0.25, -0.2) is 0 Å². The molecule has 0 aromatic carbocycles. The van der Waals surface area contributed by atoms with Crippen LogP contribution in [0.25, 0.3) is 0 Å². The van der Waals surface area contributed by atoms with E-state index in [1.54, 1.807) is 0 Å². The van der Waals surface area contributed by atoms with Gasteiger partial charge in [0.05, 0.1) is 12.2 Å². The summed E-state index contributed by atoms with van der Waals surface area (Å²) in [7, 11) is 4.19. The Balaban J connectivity index is 3.55. The monoisotopic (exact) mass is 368 g/mol. The molecule has 0 aliphatic rings. The molecule has 4 N–H and O–H groups in total. The van der Waals surface area contributed by atoms with Crippen molar-refractivity contribution in [3.63, 3.8) is 0 Å². The maximum absolute atomic E-state index is 10.6. The van der Waals surface area contributed by atoms with Crippen molar-refractivity contribution in [1.82, 2.24) is 4.90 Å². The fraction of sp³-hybridized carbons (Fsp3) is 0.762. The number of hydrogen-bond acceptors (Lipinski definition) is 4. The number of hydrogen-bond donors (Lipinski definition) is 3. The predicted molar refractivity (Wildman–Crippen MR) is 109 cm³/mol. The standard InChI is InChI=1S/C21H40N2O3/c1-23(2)18-12-6-5-9-15-19(24)13-7-3-4-8-14-20(25)16-10-11-17-21(22)26/h7-8,13-14,19-20,24-25H,3-6,9-12,15-18H2,1-2H3,(H2,22,26)/b13-7+,14-8-. The van der Waals surface area contributed by atoms with E-state index in [4.69, 9.17) is 5.73 Å². The summed E-state index contributed by atoms with van der Waals surface area (Å²) in [6.07, 6.45) is 16.7. The number of nitrogens with two attached hydrogens (primary N) is 1. The van der Waals surface area contributed by atoms with Crippen molar-refractivity contribution in [3.05, 3.63) is 24.3 Å². The highest BCUT2D eigenvalue weighted by Gasteiger charge is 2.01. The molecule has 0 aliphatic heterocycles. The maximum atomic E-state index is 10.6. The van der Waals surface area contributed by atoms with E-state index in [1.165, 1.54) is 19.3 Å². The summed E-state index contributed by atoms with van der Waals surface area (Å²) in [5.41, 5.74) is 5.07. The Bertz CT molecular complexity index is 395. The molecule has 0 spiro atoms. The van der Waals surface area contributed by atoms with Crippen LogP contribution in [-0.4, -0.2) is 53.9 Å². The molecule has 0 saturated carbocycles. The second-order valence-corrected chi connectivity index (χ2v) is 7.29. The Morgan fingerprint density at radius 3 is 1.88 bits per heavy atom. The van der Waals surface area contributed by atoms with E-state index in [9.17, 15) is 15.0 Å². The van der Waals surface area contributed by atoms with Crippen molar-refractivity contribution in [3.8, 4) is 0 Å².